The lowest BCUT2D eigenvalue weighted by atomic mass is 9.78. The van der Waals surface area contributed by atoms with Gasteiger partial charge >= 0.3 is 5.97 Å². The molecule has 8 nitrogen and oxygen atoms in total. The molecular weight excluding hydrogens is 594 g/mol. The van der Waals surface area contributed by atoms with Crippen LogP contribution >= 0.6 is 0 Å². The molecule has 0 radical (unpaired) electrons. The number of methoxy groups -OCH3 is 2. The summed E-state index contributed by atoms with van der Waals surface area (Å²) in [5, 5.41) is 0. The number of ether oxygens (including phenoxy) is 6. The van der Waals surface area contributed by atoms with Crippen molar-refractivity contribution in [3.05, 3.63) is 131 Å². The summed E-state index contributed by atoms with van der Waals surface area (Å²) < 4.78 is 36.7. The van der Waals surface area contributed by atoms with Crippen LogP contribution in [0.2, 0.25) is 0 Å². The van der Waals surface area contributed by atoms with Crippen molar-refractivity contribution in [1.29, 1.82) is 0 Å². The molecule has 2 fully saturated rings. The highest BCUT2D eigenvalue weighted by molar-refractivity contribution is 5.83. The predicted octanol–water partition coefficient (Wildman–Crippen LogP) is 6.08. The molecule has 244 valence electrons. The highest BCUT2D eigenvalue weighted by Gasteiger charge is 2.63. The van der Waals surface area contributed by atoms with Crippen molar-refractivity contribution in [2.45, 2.75) is 55.6 Å². The molecule has 2 saturated heterocycles. The first-order valence-corrected chi connectivity index (χ1v) is 16.1. The molecule has 4 aromatic rings. The van der Waals surface area contributed by atoms with Crippen LogP contribution in [0.15, 0.2) is 109 Å². The standard InChI is InChI=1S/C39H41NO7/c1-38(2)46-32-23-40(39(27-17-9-6-10-18-27)30-21-13-11-19-28(30)29-20-12-14-22-31(29)39)34(36(32)47-38)33(24-44-25-42-3)45-37(41)35(43-4)26-15-7-5-8-16-26/h5-22,32-36H,23-25H2,1-4H3/t32-,33+,34-,35-,36-/m1/s1. The lowest BCUT2D eigenvalue weighted by molar-refractivity contribution is -0.190. The predicted molar refractivity (Wildman–Crippen MR) is 176 cm³/mol. The van der Waals surface area contributed by atoms with Crippen LogP contribution in [0.3, 0.4) is 0 Å². The van der Waals surface area contributed by atoms with Crippen molar-refractivity contribution in [2.75, 3.05) is 34.2 Å². The van der Waals surface area contributed by atoms with E-state index in [2.05, 4.69) is 77.7 Å². The number of nitrogens with zero attached hydrogens (tertiary/aromatic N) is 1. The molecule has 7 rings (SSSR count). The fraction of sp³-hybridized carbons (Fsp3) is 0.359. The van der Waals surface area contributed by atoms with Crippen LogP contribution in [-0.2, 0) is 38.8 Å². The Hall–Kier alpha value is -3.89. The topological polar surface area (TPSA) is 75.7 Å². The van der Waals surface area contributed by atoms with E-state index in [1.807, 2.05) is 50.2 Å². The number of rotatable bonds is 11. The van der Waals surface area contributed by atoms with Crippen molar-refractivity contribution in [3.8, 4) is 11.1 Å². The van der Waals surface area contributed by atoms with Gasteiger partial charge < -0.3 is 28.4 Å². The molecule has 0 saturated carbocycles. The number of esters is 1. The van der Waals surface area contributed by atoms with Gasteiger partial charge in [-0.25, -0.2) is 4.79 Å². The Kier molecular flexibility index (Phi) is 8.74. The maximum absolute atomic E-state index is 14.0. The van der Waals surface area contributed by atoms with Crippen LogP contribution in [0, 0.1) is 0 Å². The second kappa shape index (κ2) is 13.0. The van der Waals surface area contributed by atoms with E-state index in [1.165, 1.54) is 7.11 Å². The second-order valence-corrected chi connectivity index (χ2v) is 12.7. The lowest BCUT2D eigenvalue weighted by Gasteiger charge is -2.47. The van der Waals surface area contributed by atoms with Gasteiger partial charge in [-0.15, -0.1) is 0 Å². The molecule has 0 bridgehead atoms. The molecule has 8 heteroatoms. The highest BCUT2D eigenvalue weighted by Crippen LogP contribution is 2.57. The molecule has 47 heavy (non-hydrogen) atoms. The zero-order valence-corrected chi connectivity index (χ0v) is 27.2. The lowest BCUT2D eigenvalue weighted by Crippen LogP contribution is -2.58. The first-order chi connectivity index (χ1) is 22.9. The van der Waals surface area contributed by atoms with Crippen LogP contribution in [0.25, 0.3) is 11.1 Å². The van der Waals surface area contributed by atoms with E-state index in [9.17, 15) is 4.79 Å². The smallest absolute Gasteiger partial charge is 0.340 e. The second-order valence-electron chi connectivity index (χ2n) is 12.7. The SMILES string of the molecule is COCOC[C@H](OC(=O)[C@H](OC)c1ccccc1)[C@@H]1[C@@H]2OC(C)(C)O[C@@H]2CN1C1(c2ccccc2)c2ccccc2-c2ccccc21. The van der Waals surface area contributed by atoms with Gasteiger partial charge in [0, 0.05) is 20.8 Å². The molecule has 2 aliphatic heterocycles. The third kappa shape index (κ3) is 5.49. The Bertz CT molecular complexity index is 1650. The number of likely N-dealkylation sites (tertiary alicyclic amines) is 1. The van der Waals surface area contributed by atoms with Gasteiger partial charge in [0.2, 0.25) is 0 Å². The van der Waals surface area contributed by atoms with E-state index >= 15 is 0 Å². The highest BCUT2D eigenvalue weighted by atomic mass is 16.8. The Morgan fingerprint density at radius 2 is 1.43 bits per heavy atom. The van der Waals surface area contributed by atoms with E-state index < -0.39 is 41.6 Å². The van der Waals surface area contributed by atoms with Crippen molar-refractivity contribution in [1.82, 2.24) is 4.90 Å². The zero-order chi connectivity index (χ0) is 32.6. The summed E-state index contributed by atoms with van der Waals surface area (Å²) in [4.78, 5) is 16.5. The third-order valence-corrected chi connectivity index (χ3v) is 9.52. The minimum Gasteiger partial charge on any atom is -0.456 e. The minimum atomic E-state index is -0.917. The molecule has 0 amide bonds. The number of hydrogen-bond acceptors (Lipinski definition) is 8. The summed E-state index contributed by atoms with van der Waals surface area (Å²) in [7, 11) is 3.09. The number of hydrogen-bond donors (Lipinski definition) is 0. The fourth-order valence-corrected chi connectivity index (χ4v) is 7.89. The Balaban J connectivity index is 1.40. The van der Waals surface area contributed by atoms with Crippen LogP contribution in [-0.4, -0.2) is 75.2 Å². The molecule has 5 atom stereocenters. The van der Waals surface area contributed by atoms with Crippen molar-refractivity contribution >= 4 is 5.97 Å². The first kappa shape index (κ1) is 31.7. The number of carbonyl (C=O) groups is 1. The van der Waals surface area contributed by atoms with Crippen molar-refractivity contribution < 1.29 is 33.2 Å². The monoisotopic (exact) mass is 635 g/mol. The Morgan fingerprint density at radius 3 is 2.04 bits per heavy atom. The van der Waals surface area contributed by atoms with Gasteiger partial charge in [0.25, 0.3) is 0 Å². The van der Waals surface area contributed by atoms with Crippen molar-refractivity contribution in [3.63, 3.8) is 0 Å². The molecule has 0 unspecified atom stereocenters. The van der Waals surface area contributed by atoms with E-state index in [0.29, 0.717) is 12.1 Å². The first-order valence-electron chi connectivity index (χ1n) is 16.1. The maximum Gasteiger partial charge on any atom is 0.340 e. The summed E-state index contributed by atoms with van der Waals surface area (Å²) in [5.74, 6) is -1.32. The number of benzene rings is 4. The van der Waals surface area contributed by atoms with Gasteiger partial charge in [-0.1, -0.05) is 109 Å². The molecule has 2 heterocycles. The molecule has 4 aromatic carbocycles. The summed E-state index contributed by atoms with van der Waals surface area (Å²) in [6.45, 7) is 4.51. The molecule has 0 aromatic heterocycles. The van der Waals surface area contributed by atoms with E-state index in [1.54, 1.807) is 7.11 Å². The average molecular weight is 636 g/mol. The zero-order valence-electron chi connectivity index (χ0n) is 27.2. The molecule has 3 aliphatic rings. The van der Waals surface area contributed by atoms with Gasteiger partial charge in [0.05, 0.1) is 18.2 Å². The molecule has 1 aliphatic carbocycles. The normalized spacial score (nSPS) is 23.4. The van der Waals surface area contributed by atoms with Crippen LogP contribution in [0.1, 0.15) is 42.2 Å². The maximum atomic E-state index is 14.0. The molecular formula is C39H41NO7. The van der Waals surface area contributed by atoms with Gasteiger partial charge in [-0.05, 0) is 47.2 Å². The summed E-state index contributed by atoms with van der Waals surface area (Å²) in [6.07, 6.45) is -2.40. The molecule has 0 spiro atoms. The quantitative estimate of drug-likeness (QED) is 0.112. The van der Waals surface area contributed by atoms with Gasteiger partial charge in [-0.2, -0.15) is 0 Å². The van der Waals surface area contributed by atoms with E-state index in [0.717, 1.165) is 27.8 Å². The van der Waals surface area contributed by atoms with Crippen LogP contribution in [0.4, 0.5) is 0 Å². The summed E-state index contributed by atoms with van der Waals surface area (Å²) in [5.41, 5.74) is 5.70. The van der Waals surface area contributed by atoms with E-state index in [4.69, 9.17) is 28.4 Å². The largest absolute Gasteiger partial charge is 0.456 e. The third-order valence-electron chi connectivity index (χ3n) is 9.52. The average Bonchev–Trinajstić information content (AvgIpc) is 3.69. The van der Waals surface area contributed by atoms with Gasteiger partial charge in [0.15, 0.2) is 11.9 Å². The summed E-state index contributed by atoms with van der Waals surface area (Å²) >= 11 is 0. The number of fused-ring (bicyclic) bond motifs is 4. The Labute approximate surface area is 276 Å². The van der Waals surface area contributed by atoms with Crippen LogP contribution in [0.5, 0.6) is 0 Å². The molecule has 0 N–H and O–H groups in total. The van der Waals surface area contributed by atoms with Gasteiger partial charge in [0.1, 0.15) is 25.1 Å². The van der Waals surface area contributed by atoms with Crippen LogP contribution < -0.4 is 0 Å². The Morgan fingerprint density at radius 1 is 0.830 bits per heavy atom. The fourth-order valence-electron chi connectivity index (χ4n) is 7.89. The van der Waals surface area contributed by atoms with E-state index in [-0.39, 0.29) is 19.5 Å². The van der Waals surface area contributed by atoms with Gasteiger partial charge in [-0.3, -0.25) is 4.90 Å². The minimum absolute atomic E-state index is 0.0413. The summed E-state index contributed by atoms with van der Waals surface area (Å²) in [6, 6.07) is 36.6. The number of carbonyl (C=O) groups excluding carboxylic acids is 1. The van der Waals surface area contributed by atoms with Crippen molar-refractivity contribution in [2.24, 2.45) is 0 Å².